The normalized spacial score (nSPS) is 12.1. The van der Waals surface area contributed by atoms with Gasteiger partial charge in [0.1, 0.15) is 6.04 Å². The van der Waals surface area contributed by atoms with Gasteiger partial charge < -0.3 is 10.1 Å². The predicted molar refractivity (Wildman–Crippen MR) is 51.6 cm³/mol. The third-order valence-corrected chi connectivity index (χ3v) is 1.52. The lowest BCUT2D eigenvalue weighted by Gasteiger charge is -2.17. The van der Waals surface area contributed by atoms with Crippen molar-refractivity contribution in [1.82, 2.24) is 5.32 Å². The Bertz CT molecular complexity index is 128. The summed E-state index contributed by atoms with van der Waals surface area (Å²) in [4.78, 5) is 11.1. The minimum atomic E-state index is -0.171. The van der Waals surface area contributed by atoms with Crippen LogP contribution in [0.25, 0.3) is 0 Å². The van der Waals surface area contributed by atoms with Gasteiger partial charge in [0.25, 0.3) is 0 Å². The highest BCUT2D eigenvalue weighted by atomic mass is 35.5. The molecule has 0 amide bonds. The summed E-state index contributed by atoms with van der Waals surface area (Å²) in [5, 5.41) is 2.91. The number of hydrogen-bond acceptors (Lipinski definition) is 3. The Balaban J connectivity index is 0. The number of likely N-dealkylation sites (N-methyl/N-ethyl adjacent to an activating group) is 1. The summed E-state index contributed by atoms with van der Waals surface area (Å²) in [6.07, 6.45) is 0. The highest BCUT2D eigenvalue weighted by Gasteiger charge is 2.20. The molecule has 0 saturated heterocycles. The van der Waals surface area contributed by atoms with Gasteiger partial charge in [0.05, 0.1) is 6.61 Å². The van der Waals surface area contributed by atoms with Crippen LogP contribution in [0.5, 0.6) is 0 Å². The maximum absolute atomic E-state index is 11.1. The van der Waals surface area contributed by atoms with Crippen molar-refractivity contribution in [3.8, 4) is 0 Å². The lowest BCUT2D eigenvalue weighted by atomic mass is 10.1. The van der Waals surface area contributed by atoms with Crippen molar-refractivity contribution < 1.29 is 9.53 Å². The smallest absolute Gasteiger partial charge is 0.323 e. The quantitative estimate of drug-likeness (QED) is 0.686. The van der Waals surface area contributed by atoms with Gasteiger partial charge in [-0.15, -0.1) is 12.4 Å². The summed E-state index contributed by atoms with van der Waals surface area (Å²) < 4.78 is 4.85. The predicted octanol–water partition coefficient (Wildman–Crippen LogP) is 1.22. The SMILES string of the molecule is CCOC(=O)[C@@H](NC)C(C)C.Cl. The van der Waals surface area contributed by atoms with E-state index in [-0.39, 0.29) is 30.3 Å². The summed E-state index contributed by atoms with van der Waals surface area (Å²) in [6, 6.07) is -0.171. The van der Waals surface area contributed by atoms with E-state index in [0.717, 1.165) is 0 Å². The van der Waals surface area contributed by atoms with Crippen LogP contribution >= 0.6 is 12.4 Å². The molecule has 0 aliphatic rings. The Morgan fingerprint density at radius 2 is 2.00 bits per heavy atom. The summed E-state index contributed by atoms with van der Waals surface area (Å²) >= 11 is 0. The van der Waals surface area contributed by atoms with Crippen LogP contribution in [0.15, 0.2) is 0 Å². The van der Waals surface area contributed by atoms with Crippen molar-refractivity contribution in [1.29, 1.82) is 0 Å². The molecule has 1 atom stereocenters. The molecule has 0 saturated carbocycles. The van der Waals surface area contributed by atoms with Crippen molar-refractivity contribution in [3.63, 3.8) is 0 Å². The Morgan fingerprint density at radius 1 is 1.50 bits per heavy atom. The average Bonchev–Trinajstić information content (AvgIpc) is 1.88. The third-order valence-electron chi connectivity index (χ3n) is 1.52. The number of esters is 1. The van der Waals surface area contributed by atoms with Gasteiger partial charge in [0.15, 0.2) is 0 Å². The van der Waals surface area contributed by atoms with Gasteiger partial charge in [0.2, 0.25) is 0 Å². The van der Waals surface area contributed by atoms with Gasteiger partial charge in [-0.1, -0.05) is 13.8 Å². The molecule has 1 N–H and O–H groups in total. The fraction of sp³-hybridized carbons (Fsp3) is 0.875. The Kier molecular flexibility index (Phi) is 8.76. The van der Waals surface area contributed by atoms with Crippen LogP contribution in [0.1, 0.15) is 20.8 Å². The standard InChI is InChI=1S/C8H17NO2.ClH/c1-5-11-8(10)7(9-4)6(2)3;/h6-7,9H,5H2,1-4H3;1H/t7-;/m0./s1. The molecule has 74 valence electrons. The van der Waals surface area contributed by atoms with E-state index in [1.807, 2.05) is 20.8 Å². The maximum atomic E-state index is 11.1. The first-order valence-corrected chi connectivity index (χ1v) is 3.97. The average molecular weight is 196 g/mol. The number of ether oxygens (including phenoxy) is 1. The molecule has 0 spiro atoms. The first-order chi connectivity index (χ1) is 5.13. The van der Waals surface area contributed by atoms with E-state index in [9.17, 15) is 4.79 Å². The lowest BCUT2D eigenvalue weighted by molar-refractivity contribution is -0.146. The van der Waals surface area contributed by atoms with Crippen LogP contribution in [0.4, 0.5) is 0 Å². The zero-order valence-electron chi connectivity index (χ0n) is 8.09. The third kappa shape index (κ3) is 4.57. The molecule has 12 heavy (non-hydrogen) atoms. The number of nitrogens with one attached hydrogen (secondary N) is 1. The van der Waals surface area contributed by atoms with E-state index in [0.29, 0.717) is 6.61 Å². The lowest BCUT2D eigenvalue weighted by Crippen LogP contribution is -2.39. The molecule has 0 aliphatic carbocycles. The second-order valence-corrected chi connectivity index (χ2v) is 2.76. The molecule has 0 aromatic rings. The summed E-state index contributed by atoms with van der Waals surface area (Å²) in [6.45, 7) is 6.23. The van der Waals surface area contributed by atoms with E-state index in [1.165, 1.54) is 0 Å². The molecule has 0 unspecified atom stereocenters. The monoisotopic (exact) mass is 195 g/mol. The molecule has 0 rings (SSSR count). The summed E-state index contributed by atoms with van der Waals surface area (Å²) in [7, 11) is 1.77. The van der Waals surface area contributed by atoms with Crippen molar-refractivity contribution in [3.05, 3.63) is 0 Å². The number of carbonyl (C=O) groups is 1. The molecule has 0 radical (unpaired) electrons. The van der Waals surface area contributed by atoms with E-state index in [2.05, 4.69) is 5.32 Å². The largest absolute Gasteiger partial charge is 0.465 e. The van der Waals surface area contributed by atoms with Crippen molar-refractivity contribution in [2.75, 3.05) is 13.7 Å². The van der Waals surface area contributed by atoms with Gasteiger partial charge in [-0.25, -0.2) is 0 Å². The Morgan fingerprint density at radius 3 is 2.25 bits per heavy atom. The van der Waals surface area contributed by atoms with E-state index in [4.69, 9.17) is 4.74 Å². The number of halogens is 1. The molecule has 0 aliphatic heterocycles. The van der Waals surface area contributed by atoms with E-state index in [1.54, 1.807) is 7.05 Å². The van der Waals surface area contributed by atoms with Crippen LogP contribution in [-0.2, 0) is 9.53 Å². The molecule has 0 heterocycles. The fourth-order valence-corrected chi connectivity index (χ4v) is 0.955. The molecule has 0 aromatic carbocycles. The van der Waals surface area contributed by atoms with Gasteiger partial charge in [-0.2, -0.15) is 0 Å². The second kappa shape index (κ2) is 7.37. The molecule has 0 fully saturated rings. The van der Waals surface area contributed by atoms with Crippen LogP contribution in [0.3, 0.4) is 0 Å². The van der Waals surface area contributed by atoms with Gasteiger partial charge in [0, 0.05) is 0 Å². The van der Waals surface area contributed by atoms with E-state index >= 15 is 0 Å². The number of hydrogen-bond donors (Lipinski definition) is 1. The van der Waals surface area contributed by atoms with Gasteiger partial charge in [-0.05, 0) is 19.9 Å². The highest BCUT2D eigenvalue weighted by Crippen LogP contribution is 2.02. The second-order valence-electron chi connectivity index (χ2n) is 2.76. The Labute approximate surface area is 80.3 Å². The zero-order valence-corrected chi connectivity index (χ0v) is 8.90. The number of carbonyl (C=O) groups excluding carboxylic acids is 1. The molecule has 4 heteroatoms. The van der Waals surface area contributed by atoms with Crippen molar-refractivity contribution in [2.24, 2.45) is 5.92 Å². The van der Waals surface area contributed by atoms with Gasteiger partial charge in [-0.3, -0.25) is 4.79 Å². The zero-order chi connectivity index (χ0) is 8.85. The maximum Gasteiger partial charge on any atom is 0.323 e. The summed E-state index contributed by atoms with van der Waals surface area (Å²) in [5.74, 6) is 0.115. The highest BCUT2D eigenvalue weighted by molar-refractivity contribution is 5.85. The first-order valence-electron chi connectivity index (χ1n) is 3.97. The molecule has 0 aromatic heterocycles. The van der Waals surface area contributed by atoms with Crippen LogP contribution in [0.2, 0.25) is 0 Å². The Hall–Kier alpha value is -0.280. The van der Waals surface area contributed by atoms with Crippen LogP contribution in [-0.4, -0.2) is 25.7 Å². The summed E-state index contributed by atoms with van der Waals surface area (Å²) in [5.41, 5.74) is 0. The van der Waals surface area contributed by atoms with E-state index < -0.39 is 0 Å². The minimum Gasteiger partial charge on any atom is -0.465 e. The molecular formula is C8H18ClNO2. The van der Waals surface area contributed by atoms with Crippen molar-refractivity contribution in [2.45, 2.75) is 26.8 Å². The van der Waals surface area contributed by atoms with Crippen LogP contribution in [0, 0.1) is 5.92 Å². The van der Waals surface area contributed by atoms with Gasteiger partial charge >= 0.3 is 5.97 Å². The fourth-order valence-electron chi connectivity index (χ4n) is 0.955. The number of rotatable bonds is 4. The molecule has 0 bridgehead atoms. The minimum absolute atomic E-state index is 0. The van der Waals surface area contributed by atoms with Crippen molar-refractivity contribution >= 4 is 18.4 Å². The topological polar surface area (TPSA) is 38.3 Å². The van der Waals surface area contributed by atoms with Crippen LogP contribution < -0.4 is 5.32 Å². The molecule has 3 nitrogen and oxygen atoms in total. The first kappa shape index (κ1) is 14.3. The molecular weight excluding hydrogens is 178 g/mol.